The van der Waals surface area contributed by atoms with Gasteiger partial charge in [0.1, 0.15) is 10.7 Å². The van der Waals surface area contributed by atoms with E-state index in [1.165, 1.54) is 11.3 Å². The van der Waals surface area contributed by atoms with Crippen LogP contribution in [0.3, 0.4) is 0 Å². The summed E-state index contributed by atoms with van der Waals surface area (Å²) in [6.45, 7) is 8.93. The minimum absolute atomic E-state index is 0.0950. The van der Waals surface area contributed by atoms with E-state index < -0.39 is 0 Å². The van der Waals surface area contributed by atoms with Gasteiger partial charge in [-0.15, -0.1) is 11.3 Å². The number of amides is 1. The van der Waals surface area contributed by atoms with Crippen molar-refractivity contribution in [2.24, 2.45) is 0 Å². The van der Waals surface area contributed by atoms with Crippen LogP contribution in [0.15, 0.2) is 36.7 Å². The van der Waals surface area contributed by atoms with E-state index in [4.69, 9.17) is 0 Å². The van der Waals surface area contributed by atoms with E-state index >= 15 is 0 Å². The van der Waals surface area contributed by atoms with Gasteiger partial charge < -0.3 is 9.88 Å². The van der Waals surface area contributed by atoms with Crippen LogP contribution in [0.1, 0.15) is 58.5 Å². The summed E-state index contributed by atoms with van der Waals surface area (Å²) in [4.78, 5) is 22.1. The number of nitrogens with zero attached hydrogens (tertiary/aromatic N) is 3. The van der Waals surface area contributed by atoms with Crippen LogP contribution in [0.5, 0.6) is 0 Å². The van der Waals surface area contributed by atoms with Crippen LogP contribution in [-0.2, 0) is 13.0 Å². The fourth-order valence-corrected chi connectivity index (χ4v) is 3.80. The van der Waals surface area contributed by atoms with Gasteiger partial charge in [-0.25, -0.2) is 9.97 Å². The third-order valence-electron chi connectivity index (χ3n) is 4.15. The van der Waals surface area contributed by atoms with Crippen molar-refractivity contribution >= 4 is 22.9 Å². The Morgan fingerprint density at radius 1 is 1.35 bits per heavy atom. The zero-order valence-corrected chi connectivity index (χ0v) is 16.4. The van der Waals surface area contributed by atoms with Crippen LogP contribution < -0.4 is 5.32 Å². The van der Waals surface area contributed by atoms with Crippen molar-refractivity contribution in [2.75, 3.05) is 5.32 Å². The lowest BCUT2D eigenvalue weighted by Gasteiger charge is -2.11. The van der Waals surface area contributed by atoms with Crippen LogP contribution in [0.2, 0.25) is 0 Å². The Morgan fingerprint density at radius 2 is 2.15 bits per heavy atom. The van der Waals surface area contributed by atoms with Gasteiger partial charge in [-0.05, 0) is 31.0 Å². The standard InChI is InChI=1S/C20H24N4OS/c1-5-17-22-14(4)18(26-17)20(25)23-16-8-6-7-15(11-16)12-24-10-9-21-19(24)13(2)3/h6-11,13H,5,12H2,1-4H3,(H,23,25). The lowest BCUT2D eigenvalue weighted by molar-refractivity contribution is 0.103. The molecule has 0 aliphatic carbocycles. The molecule has 1 aromatic carbocycles. The molecule has 0 saturated heterocycles. The van der Waals surface area contributed by atoms with Gasteiger partial charge in [-0.2, -0.15) is 0 Å². The van der Waals surface area contributed by atoms with Gasteiger partial charge in [0.2, 0.25) is 0 Å². The lowest BCUT2D eigenvalue weighted by Crippen LogP contribution is -2.12. The highest BCUT2D eigenvalue weighted by molar-refractivity contribution is 7.13. The molecule has 0 radical (unpaired) electrons. The summed E-state index contributed by atoms with van der Waals surface area (Å²) in [5.74, 6) is 1.34. The molecule has 6 heteroatoms. The Balaban J connectivity index is 1.75. The SMILES string of the molecule is CCc1nc(C)c(C(=O)Nc2cccc(Cn3ccnc3C(C)C)c2)s1. The number of hydrogen-bond acceptors (Lipinski definition) is 4. The number of imidazole rings is 1. The average Bonchev–Trinajstić information content (AvgIpc) is 3.21. The molecule has 0 unspecified atom stereocenters. The summed E-state index contributed by atoms with van der Waals surface area (Å²) in [5, 5.41) is 3.99. The first kappa shape index (κ1) is 18.3. The van der Waals surface area contributed by atoms with Crippen LogP contribution in [-0.4, -0.2) is 20.4 Å². The molecular formula is C20H24N4OS. The summed E-state index contributed by atoms with van der Waals surface area (Å²) in [6, 6.07) is 7.95. The van der Waals surface area contributed by atoms with Gasteiger partial charge in [0, 0.05) is 30.5 Å². The summed E-state index contributed by atoms with van der Waals surface area (Å²) in [5.41, 5.74) is 2.71. The molecule has 1 amide bonds. The molecule has 2 aromatic heterocycles. The van der Waals surface area contributed by atoms with E-state index in [2.05, 4.69) is 39.8 Å². The first-order valence-corrected chi connectivity index (χ1v) is 9.67. The molecule has 0 aliphatic rings. The molecule has 0 fully saturated rings. The van der Waals surface area contributed by atoms with E-state index in [0.717, 1.165) is 40.7 Å². The summed E-state index contributed by atoms with van der Waals surface area (Å²) >= 11 is 1.46. The molecule has 136 valence electrons. The summed E-state index contributed by atoms with van der Waals surface area (Å²) < 4.78 is 2.15. The van der Waals surface area contributed by atoms with E-state index in [1.807, 2.05) is 44.4 Å². The smallest absolute Gasteiger partial charge is 0.267 e. The highest BCUT2D eigenvalue weighted by atomic mass is 32.1. The molecule has 2 heterocycles. The molecule has 26 heavy (non-hydrogen) atoms. The van der Waals surface area contributed by atoms with Crippen molar-refractivity contribution in [3.05, 3.63) is 63.6 Å². The van der Waals surface area contributed by atoms with Crippen molar-refractivity contribution in [2.45, 2.75) is 46.6 Å². The van der Waals surface area contributed by atoms with Gasteiger partial charge in [-0.1, -0.05) is 32.9 Å². The molecule has 0 atom stereocenters. The molecule has 0 aliphatic heterocycles. The van der Waals surface area contributed by atoms with Gasteiger partial charge in [0.25, 0.3) is 5.91 Å². The normalized spacial score (nSPS) is 11.1. The van der Waals surface area contributed by atoms with Gasteiger partial charge in [0.15, 0.2) is 0 Å². The number of carbonyl (C=O) groups is 1. The largest absolute Gasteiger partial charge is 0.330 e. The number of aromatic nitrogens is 3. The Morgan fingerprint density at radius 3 is 2.85 bits per heavy atom. The number of thiazole rings is 1. The molecule has 5 nitrogen and oxygen atoms in total. The Hall–Kier alpha value is -2.47. The molecule has 0 bridgehead atoms. The predicted molar refractivity (Wildman–Crippen MR) is 106 cm³/mol. The Labute approximate surface area is 158 Å². The number of anilines is 1. The fourth-order valence-electron chi connectivity index (χ4n) is 2.90. The topological polar surface area (TPSA) is 59.8 Å². The first-order chi connectivity index (χ1) is 12.5. The number of rotatable bonds is 6. The molecule has 0 saturated carbocycles. The predicted octanol–water partition coefficient (Wildman–Crippen LogP) is 4.63. The molecule has 3 rings (SSSR count). The quantitative estimate of drug-likeness (QED) is 0.690. The van der Waals surface area contributed by atoms with Crippen molar-refractivity contribution in [1.82, 2.24) is 14.5 Å². The maximum atomic E-state index is 12.6. The van der Waals surface area contributed by atoms with Crippen molar-refractivity contribution in [3.8, 4) is 0 Å². The van der Waals surface area contributed by atoms with Gasteiger partial charge >= 0.3 is 0 Å². The number of benzene rings is 1. The third kappa shape index (κ3) is 4.02. The summed E-state index contributed by atoms with van der Waals surface area (Å²) in [6.07, 6.45) is 4.67. The molecule has 3 aromatic rings. The first-order valence-electron chi connectivity index (χ1n) is 8.85. The minimum atomic E-state index is -0.0950. The summed E-state index contributed by atoms with van der Waals surface area (Å²) in [7, 11) is 0. The number of carbonyl (C=O) groups excluding carboxylic acids is 1. The highest BCUT2D eigenvalue weighted by Crippen LogP contribution is 2.21. The second-order valence-electron chi connectivity index (χ2n) is 6.60. The number of nitrogens with one attached hydrogen (secondary N) is 1. The molecule has 1 N–H and O–H groups in total. The van der Waals surface area contributed by atoms with Crippen molar-refractivity contribution in [1.29, 1.82) is 0 Å². The highest BCUT2D eigenvalue weighted by Gasteiger charge is 2.15. The Kier molecular flexibility index (Phi) is 5.52. The third-order valence-corrected chi connectivity index (χ3v) is 5.45. The lowest BCUT2D eigenvalue weighted by atomic mass is 10.1. The van der Waals surface area contributed by atoms with Gasteiger partial charge in [0.05, 0.1) is 10.7 Å². The number of aryl methyl sites for hydroxylation is 2. The average molecular weight is 369 g/mol. The van der Waals surface area contributed by atoms with E-state index in [-0.39, 0.29) is 5.91 Å². The van der Waals surface area contributed by atoms with Crippen LogP contribution in [0.4, 0.5) is 5.69 Å². The molecular weight excluding hydrogens is 344 g/mol. The van der Waals surface area contributed by atoms with Crippen LogP contribution in [0.25, 0.3) is 0 Å². The maximum absolute atomic E-state index is 12.6. The van der Waals surface area contributed by atoms with Crippen LogP contribution >= 0.6 is 11.3 Å². The van der Waals surface area contributed by atoms with Crippen molar-refractivity contribution in [3.63, 3.8) is 0 Å². The number of hydrogen-bond donors (Lipinski definition) is 1. The minimum Gasteiger partial charge on any atom is -0.330 e. The maximum Gasteiger partial charge on any atom is 0.267 e. The zero-order chi connectivity index (χ0) is 18.7. The fraction of sp³-hybridized carbons (Fsp3) is 0.350. The monoisotopic (exact) mass is 368 g/mol. The van der Waals surface area contributed by atoms with E-state index in [1.54, 1.807) is 0 Å². The second-order valence-corrected chi connectivity index (χ2v) is 7.68. The van der Waals surface area contributed by atoms with E-state index in [0.29, 0.717) is 10.8 Å². The van der Waals surface area contributed by atoms with Crippen LogP contribution in [0, 0.1) is 6.92 Å². The Bertz CT molecular complexity index is 910. The second kappa shape index (κ2) is 7.83. The molecule has 0 spiro atoms. The van der Waals surface area contributed by atoms with Gasteiger partial charge in [-0.3, -0.25) is 4.79 Å². The zero-order valence-electron chi connectivity index (χ0n) is 15.6. The van der Waals surface area contributed by atoms with Crippen molar-refractivity contribution < 1.29 is 4.79 Å². The van der Waals surface area contributed by atoms with E-state index in [9.17, 15) is 4.79 Å².